The number of hydrogen-bond acceptors (Lipinski definition) is 1. The molecule has 19 heavy (non-hydrogen) atoms. The van der Waals surface area contributed by atoms with Crippen LogP contribution in [-0.2, 0) is 4.79 Å². The standard InChI is InChI=1S/C14H10Cl3NO/c15-9-13(19)18(10-5-2-1-3-6-10)14-11(16)7-4-8-12(14)17/h1-8H,9H2. The minimum absolute atomic E-state index is 0.156. The molecule has 0 aliphatic heterocycles. The second-order valence-electron chi connectivity index (χ2n) is 3.77. The van der Waals surface area contributed by atoms with Gasteiger partial charge in [0.1, 0.15) is 5.88 Å². The van der Waals surface area contributed by atoms with Crippen molar-refractivity contribution in [1.82, 2.24) is 0 Å². The van der Waals surface area contributed by atoms with Crippen LogP contribution < -0.4 is 4.90 Å². The molecule has 5 heteroatoms. The minimum atomic E-state index is -0.289. The van der Waals surface area contributed by atoms with E-state index in [-0.39, 0.29) is 11.8 Å². The first-order chi connectivity index (χ1) is 9.15. The summed E-state index contributed by atoms with van der Waals surface area (Å²) in [5.74, 6) is -0.445. The van der Waals surface area contributed by atoms with E-state index in [0.29, 0.717) is 21.4 Å². The molecule has 1 amide bonds. The lowest BCUT2D eigenvalue weighted by molar-refractivity contribution is -0.115. The van der Waals surface area contributed by atoms with E-state index < -0.39 is 0 Å². The molecule has 2 aromatic carbocycles. The zero-order valence-corrected chi connectivity index (χ0v) is 12.1. The Bertz CT molecular complexity index is 566. The van der Waals surface area contributed by atoms with Crippen molar-refractivity contribution >= 4 is 52.1 Å². The molecule has 0 bridgehead atoms. The Balaban J connectivity index is 2.59. The number of anilines is 2. The number of para-hydroxylation sites is 2. The summed E-state index contributed by atoms with van der Waals surface area (Å²) in [6, 6.07) is 14.2. The number of alkyl halides is 1. The number of halogens is 3. The van der Waals surface area contributed by atoms with Crippen molar-refractivity contribution in [2.75, 3.05) is 10.8 Å². The van der Waals surface area contributed by atoms with Crippen molar-refractivity contribution in [2.24, 2.45) is 0 Å². The van der Waals surface area contributed by atoms with Gasteiger partial charge < -0.3 is 0 Å². The van der Waals surface area contributed by atoms with Crippen molar-refractivity contribution in [3.63, 3.8) is 0 Å². The summed E-state index contributed by atoms with van der Waals surface area (Å²) in [7, 11) is 0. The van der Waals surface area contributed by atoms with E-state index in [4.69, 9.17) is 34.8 Å². The van der Waals surface area contributed by atoms with Crippen LogP contribution in [0.5, 0.6) is 0 Å². The second kappa shape index (κ2) is 6.29. The number of carbonyl (C=O) groups excluding carboxylic acids is 1. The molecule has 0 radical (unpaired) electrons. The molecule has 0 spiro atoms. The number of carbonyl (C=O) groups is 1. The van der Waals surface area contributed by atoms with Gasteiger partial charge in [0.15, 0.2) is 0 Å². The van der Waals surface area contributed by atoms with Crippen LogP contribution in [-0.4, -0.2) is 11.8 Å². The van der Waals surface area contributed by atoms with Gasteiger partial charge >= 0.3 is 0 Å². The third-order valence-electron chi connectivity index (χ3n) is 2.54. The summed E-state index contributed by atoms with van der Waals surface area (Å²) in [5, 5.41) is 0.796. The Kier molecular flexibility index (Phi) is 4.70. The third-order valence-corrected chi connectivity index (χ3v) is 3.38. The smallest absolute Gasteiger partial charge is 0.246 e. The van der Waals surface area contributed by atoms with Crippen LogP contribution in [0.4, 0.5) is 11.4 Å². The number of hydrogen-bond donors (Lipinski definition) is 0. The van der Waals surface area contributed by atoms with Crippen LogP contribution in [0.15, 0.2) is 48.5 Å². The molecule has 0 aliphatic rings. The monoisotopic (exact) mass is 313 g/mol. The fourth-order valence-electron chi connectivity index (χ4n) is 1.74. The molecule has 0 saturated carbocycles. The molecule has 0 N–H and O–H groups in total. The molecule has 2 nitrogen and oxygen atoms in total. The van der Waals surface area contributed by atoms with Crippen molar-refractivity contribution in [2.45, 2.75) is 0 Å². The Morgan fingerprint density at radius 3 is 2.05 bits per heavy atom. The number of benzene rings is 2. The molecule has 0 fully saturated rings. The number of rotatable bonds is 3. The van der Waals surface area contributed by atoms with Crippen LogP contribution in [0.25, 0.3) is 0 Å². The van der Waals surface area contributed by atoms with Crippen molar-refractivity contribution in [3.8, 4) is 0 Å². The summed E-state index contributed by atoms with van der Waals surface area (Å²) in [6.07, 6.45) is 0. The Morgan fingerprint density at radius 2 is 1.53 bits per heavy atom. The first kappa shape index (κ1) is 14.2. The average molecular weight is 315 g/mol. The number of amides is 1. The molecule has 0 aromatic heterocycles. The van der Waals surface area contributed by atoms with Crippen molar-refractivity contribution < 1.29 is 4.79 Å². The lowest BCUT2D eigenvalue weighted by atomic mass is 10.2. The van der Waals surface area contributed by atoms with E-state index in [1.807, 2.05) is 18.2 Å². The molecule has 0 heterocycles. The van der Waals surface area contributed by atoms with E-state index in [1.54, 1.807) is 30.3 Å². The maximum atomic E-state index is 12.1. The summed E-state index contributed by atoms with van der Waals surface area (Å²) < 4.78 is 0. The van der Waals surface area contributed by atoms with Gasteiger partial charge in [-0.1, -0.05) is 47.5 Å². The fraction of sp³-hybridized carbons (Fsp3) is 0.0714. The van der Waals surface area contributed by atoms with Gasteiger partial charge in [-0.05, 0) is 24.3 Å². The van der Waals surface area contributed by atoms with Gasteiger partial charge in [0.25, 0.3) is 0 Å². The third kappa shape index (κ3) is 3.03. The van der Waals surface area contributed by atoms with E-state index in [0.717, 1.165) is 0 Å². The molecule has 0 atom stereocenters. The minimum Gasteiger partial charge on any atom is -0.277 e. The van der Waals surface area contributed by atoms with Crippen LogP contribution in [0, 0.1) is 0 Å². The van der Waals surface area contributed by atoms with Crippen LogP contribution >= 0.6 is 34.8 Å². The molecular formula is C14H10Cl3NO. The van der Waals surface area contributed by atoms with E-state index in [9.17, 15) is 4.79 Å². The van der Waals surface area contributed by atoms with Gasteiger partial charge in [0.05, 0.1) is 15.7 Å². The first-order valence-electron chi connectivity index (χ1n) is 5.53. The topological polar surface area (TPSA) is 20.3 Å². The Labute approximate surface area is 126 Å². The SMILES string of the molecule is O=C(CCl)N(c1ccccc1)c1c(Cl)cccc1Cl. The number of nitrogens with zero attached hydrogens (tertiary/aromatic N) is 1. The predicted octanol–water partition coefficient (Wildman–Crippen LogP) is 4.90. The lowest BCUT2D eigenvalue weighted by Gasteiger charge is -2.24. The highest BCUT2D eigenvalue weighted by molar-refractivity contribution is 6.41. The Morgan fingerprint density at radius 1 is 0.947 bits per heavy atom. The molecule has 2 rings (SSSR count). The lowest BCUT2D eigenvalue weighted by Crippen LogP contribution is -2.27. The largest absolute Gasteiger partial charge is 0.277 e. The van der Waals surface area contributed by atoms with E-state index in [1.165, 1.54) is 4.90 Å². The highest BCUT2D eigenvalue weighted by Gasteiger charge is 2.21. The van der Waals surface area contributed by atoms with Gasteiger partial charge in [-0.25, -0.2) is 0 Å². The van der Waals surface area contributed by atoms with Crippen LogP contribution in [0.3, 0.4) is 0 Å². The van der Waals surface area contributed by atoms with Gasteiger partial charge in [0.2, 0.25) is 5.91 Å². The van der Waals surface area contributed by atoms with Crippen LogP contribution in [0.2, 0.25) is 10.0 Å². The van der Waals surface area contributed by atoms with Crippen molar-refractivity contribution in [1.29, 1.82) is 0 Å². The normalized spacial score (nSPS) is 10.3. The summed E-state index contributed by atoms with van der Waals surface area (Å²) in [6.45, 7) is 0. The van der Waals surface area contributed by atoms with Gasteiger partial charge in [-0.3, -0.25) is 9.69 Å². The quantitative estimate of drug-likeness (QED) is 0.738. The molecule has 0 saturated heterocycles. The van der Waals surface area contributed by atoms with E-state index in [2.05, 4.69) is 0 Å². The zero-order valence-electron chi connectivity index (χ0n) is 9.82. The summed E-state index contributed by atoms with van der Waals surface area (Å²) >= 11 is 18.0. The maximum Gasteiger partial charge on any atom is 0.246 e. The second-order valence-corrected chi connectivity index (χ2v) is 4.85. The van der Waals surface area contributed by atoms with Gasteiger partial charge in [0, 0.05) is 5.69 Å². The molecule has 0 unspecified atom stereocenters. The van der Waals surface area contributed by atoms with Crippen LogP contribution in [0.1, 0.15) is 0 Å². The molecule has 0 aliphatic carbocycles. The predicted molar refractivity (Wildman–Crippen MR) is 80.8 cm³/mol. The molecule has 2 aromatic rings. The first-order valence-corrected chi connectivity index (χ1v) is 6.82. The maximum absolute atomic E-state index is 12.1. The molecule has 98 valence electrons. The van der Waals surface area contributed by atoms with E-state index >= 15 is 0 Å². The Hall–Kier alpha value is -1.22. The molecular weight excluding hydrogens is 305 g/mol. The van der Waals surface area contributed by atoms with Gasteiger partial charge in [-0.2, -0.15) is 0 Å². The van der Waals surface area contributed by atoms with Gasteiger partial charge in [-0.15, -0.1) is 11.6 Å². The zero-order chi connectivity index (χ0) is 13.8. The fourth-order valence-corrected chi connectivity index (χ4v) is 2.42. The highest BCUT2D eigenvalue weighted by atomic mass is 35.5. The average Bonchev–Trinajstić information content (AvgIpc) is 2.43. The van der Waals surface area contributed by atoms with Crippen molar-refractivity contribution in [3.05, 3.63) is 58.6 Å². The summed E-state index contributed by atoms with van der Waals surface area (Å²) in [4.78, 5) is 13.5. The summed E-state index contributed by atoms with van der Waals surface area (Å²) in [5.41, 5.74) is 1.12. The highest BCUT2D eigenvalue weighted by Crippen LogP contribution is 2.37.